The van der Waals surface area contributed by atoms with Crippen LogP contribution in [0, 0.1) is 5.92 Å². The van der Waals surface area contributed by atoms with Gasteiger partial charge in [-0.3, -0.25) is 19.3 Å². The maximum absolute atomic E-state index is 12.3. The van der Waals surface area contributed by atoms with E-state index in [1.54, 1.807) is 18.9 Å². The molecule has 1 aliphatic carbocycles. The summed E-state index contributed by atoms with van der Waals surface area (Å²) in [4.78, 5) is 37.3. The van der Waals surface area contributed by atoms with Crippen LogP contribution in [0.15, 0.2) is 0 Å². The van der Waals surface area contributed by atoms with Crippen LogP contribution in [0.4, 0.5) is 0 Å². The summed E-state index contributed by atoms with van der Waals surface area (Å²) in [7, 11) is 1.78. The van der Waals surface area contributed by atoms with Gasteiger partial charge >= 0.3 is 0 Å². The lowest BCUT2D eigenvalue weighted by molar-refractivity contribution is -0.131. The van der Waals surface area contributed by atoms with Crippen LogP contribution in [0.1, 0.15) is 45.4 Å². The first-order valence-corrected chi connectivity index (χ1v) is 7.52. The molecular weight excluding hydrogens is 256 g/mol. The van der Waals surface area contributed by atoms with Crippen LogP contribution in [0.5, 0.6) is 0 Å². The van der Waals surface area contributed by atoms with Crippen molar-refractivity contribution in [2.45, 2.75) is 57.5 Å². The number of hydrogen-bond donors (Lipinski definition) is 1. The number of rotatable bonds is 4. The van der Waals surface area contributed by atoms with E-state index in [4.69, 9.17) is 0 Å². The Kier molecular flexibility index (Phi) is 4.91. The van der Waals surface area contributed by atoms with Crippen molar-refractivity contribution in [3.63, 3.8) is 0 Å². The van der Waals surface area contributed by atoms with Gasteiger partial charge < -0.3 is 5.32 Å². The number of likely N-dealkylation sites (N-methyl/N-ethyl adjacent to an activating group) is 1. The molecule has 5 nitrogen and oxygen atoms in total. The first-order chi connectivity index (χ1) is 9.49. The van der Waals surface area contributed by atoms with Gasteiger partial charge in [-0.1, -0.05) is 19.3 Å². The highest BCUT2D eigenvalue weighted by atomic mass is 16.2. The largest absolute Gasteiger partial charge is 0.345 e. The highest BCUT2D eigenvalue weighted by molar-refractivity contribution is 5.95. The summed E-state index contributed by atoms with van der Waals surface area (Å²) < 4.78 is 0. The molecule has 1 aliphatic heterocycles. The monoisotopic (exact) mass is 280 g/mol. The summed E-state index contributed by atoms with van der Waals surface area (Å²) >= 11 is 0. The van der Waals surface area contributed by atoms with E-state index in [0.717, 1.165) is 25.7 Å². The van der Waals surface area contributed by atoms with Gasteiger partial charge in [-0.05, 0) is 32.7 Å². The topological polar surface area (TPSA) is 66.5 Å². The normalized spacial score (nSPS) is 26.5. The molecule has 0 aromatic carbocycles. The Bertz CT molecular complexity index is 402. The third kappa shape index (κ3) is 3.45. The average Bonchev–Trinajstić information content (AvgIpc) is 2.75. The van der Waals surface area contributed by atoms with Gasteiger partial charge in [0.1, 0.15) is 5.78 Å². The van der Waals surface area contributed by atoms with E-state index in [1.165, 1.54) is 6.42 Å². The third-order valence-electron chi connectivity index (χ3n) is 4.54. The first-order valence-electron chi connectivity index (χ1n) is 7.52. The van der Waals surface area contributed by atoms with E-state index >= 15 is 0 Å². The maximum atomic E-state index is 12.3. The molecular formula is C15H24N2O3. The van der Waals surface area contributed by atoms with Crippen molar-refractivity contribution in [3.8, 4) is 0 Å². The van der Waals surface area contributed by atoms with Crippen LogP contribution >= 0.6 is 0 Å². The fourth-order valence-corrected chi connectivity index (χ4v) is 3.39. The van der Waals surface area contributed by atoms with Crippen molar-refractivity contribution < 1.29 is 14.4 Å². The van der Waals surface area contributed by atoms with Crippen molar-refractivity contribution in [1.82, 2.24) is 10.2 Å². The molecule has 20 heavy (non-hydrogen) atoms. The van der Waals surface area contributed by atoms with Gasteiger partial charge in [0.05, 0.1) is 18.6 Å². The molecule has 2 rings (SSSR count). The van der Waals surface area contributed by atoms with E-state index in [1.807, 2.05) is 0 Å². The van der Waals surface area contributed by atoms with Crippen LogP contribution in [-0.4, -0.2) is 48.0 Å². The fraction of sp³-hybridized carbons (Fsp3) is 0.800. The molecule has 1 saturated carbocycles. The smallest absolute Gasteiger partial charge is 0.238 e. The molecule has 112 valence electrons. The second kappa shape index (κ2) is 6.48. The highest BCUT2D eigenvalue weighted by Crippen LogP contribution is 2.27. The number of likely N-dealkylation sites (tertiary alicyclic amines) is 1. The average molecular weight is 280 g/mol. The predicted octanol–water partition coefficient (Wildman–Crippen LogP) is 0.914. The fourth-order valence-electron chi connectivity index (χ4n) is 3.39. The molecule has 1 N–H and O–H groups in total. The summed E-state index contributed by atoms with van der Waals surface area (Å²) in [6, 6.07) is -0.792. The zero-order valence-electron chi connectivity index (χ0n) is 12.4. The van der Waals surface area contributed by atoms with Gasteiger partial charge in [0.25, 0.3) is 0 Å². The highest BCUT2D eigenvalue weighted by Gasteiger charge is 2.36. The van der Waals surface area contributed by atoms with Gasteiger partial charge in [0, 0.05) is 6.42 Å². The minimum atomic E-state index is -0.409. The zero-order valence-corrected chi connectivity index (χ0v) is 12.4. The lowest BCUT2D eigenvalue weighted by atomic mass is 9.82. The lowest BCUT2D eigenvalue weighted by Crippen LogP contribution is -2.51. The summed E-state index contributed by atoms with van der Waals surface area (Å²) in [6.07, 6.45) is 5.75. The van der Waals surface area contributed by atoms with Crippen LogP contribution < -0.4 is 5.32 Å². The Balaban J connectivity index is 1.98. The molecule has 5 heteroatoms. The molecule has 1 saturated heterocycles. The van der Waals surface area contributed by atoms with Gasteiger partial charge in [-0.2, -0.15) is 0 Å². The maximum Gasteiger partial charge on any atom is 0.238 e. The molecule has 0 aromatic heterocycles. The number of amides is 1. The van der Waals surface area contributed by atoms with E-state index in [2.05, 4.69) is 5.32 Å². The molecule has 2 atom stereocenters. The lowest BCUT2D eigenvalue weighted by Gasteiger charge is -2.30. The number of nitrogens with one attached hydrogen (secondary N) is 1. The molecule has 0 unspecified atom stereocenters. The number of Topliss-reactive ketones (excluding diaryl/α,β-unsaturated/α-hetero) is 2. The quantitative estimate of drug-likeness (QED) is 0.831. The van der Waals surface area contributed by atoms with Crippen LogP contribution in [0.2, 0.25) is 0 Å². The summed E-state index contributed by atoms with van der Waals surface area (Å²) in [6.45, 7) is 1.87. The molecule has 0 bridgehead atoms. The predicted molar refractivity (Wildman–Crippen MR) is 75.2 cm³/mol. The van der Waals surface area contributed by atoms with Crippen molar-refractivity contribution in [2.75, 3.05) is 13.6 Å². The number of carbonyl (C=O) groups is 3. The summed E-state index contributed by atoms with van der Waals surface area (Å²) in [5.41, 5.74) is 0. The Morgan fingerprint density at radius 3 is 2.40 bits per heavy atom. The molecule has 0 aromatic rings. The van der Waals surface area contributed by atoms with Crippen molar-refractivity contribution in [1.29, 1.82) is 0 Å². The molecule has 2 aliphatic rings. The SMILES string of the molecule is CC(=O)[C@@H](NC(=O)[C@@H]1CC(=O)CN1C)C1CCCCC1. The van der Waals surface area contributed by atoms with Crippen LogP contribution in [0.25, 0.3) is 0 Å². The summed E-state index contributed by atoms with van der Waals surface area (Å²) in [5, 5.41) is 2.90. The Morgan fingerprint density at radius 2 is 1.90 bits per heavy atom. The summed E-state index contributed by atoms with van der Waals surface area (Å²) in [5.74, 6) is 0.193. The number of nitrogens with zero attached hydrogens (tertiary/aromatic N) is 1. The second-order valence-corrected chi connectivity index (χ2v) is 6.17. The van der Waals surface area contributed by atoms with E-state index < -0.39 is 6.04 Å². The standard InChI is InChI=1S/C15H24N2O3/c1-10(18)14(11-6-4-3-5-7-11)16-15(20)13-8-12(19)9-17(13)2/h11,13-14H,3-9H2,1-2H3,(H,16,20)/t13-,14+/m0/s1. The Hall–Kier alpha value is -1.23. The van der Waals surface area contributed by atoms with Gasteiger partial charge in [0.2, 0.25) is 5.91 Å². The molecule has 1 amide bonds. The number of ketones is 2. The molecule has 0 radical (unpaired) electrons. The minimum absolute atomic E-state index is 0.0252. The van der Waals surface area contributed by atoms with Gasteiger partial charge in [0.15, 0.2) is 5.78 Å². The van der Waals surface area contributed by atoms with Gasteiger partial charge in [-0.25, -0.2) is 0 Å². The molecule has 2 fully saturated rings. The number of carbonyl (C=O) groups excluding carboxylic acids is 3. The van der Waals surface area contributed by atoms with Crippen LogP contribution in [-0.2, 0) is 14.4 Å². The van der Waals surface area contributed by atoms with E-state index in [0.29, 0.717) is 6.54 Å². The zero-order chi connectivity index (χ0) is 14.7. The molecule has 0 spiro atoms. The van der Waals surface area contributed by atoms with Crippen LogP contribution in [0.3, 0.4) is 0 Å². The van der Waals surface area contributed by atoms with Crippen molar-refractivity contribution >= 4 is 17.5 Å². The van der Waals surface area contributed by atoms with Crippen molar-refractivity contribution in [3.05, 3.63) is 0 Å². The Morgan fingerprint density at radius 1 is 1.25 bits per heavy atom. The first kappa shape index (κ1) is 15.2. The number of hydrogen-bond acceptors (Lipinski definition) is 4. The van der Waals surface area contributed by atoms with Gasteiger partial charge in [-0.15, -0.1) is 0 Å². The third-order valence-corrected chi connectivity index (χ3v) is 4.54. The van der Waals surface area contributed by atoms with E-state index in [-0.39, 0.29) is 35.9 Å². The molecule has 1 heterocycles. The van der Waals surface area contributed by atoms with Crippen molar-refractivity contribution in [2.24, 2.45) is 5.92 Å². The minimum Gasteiger partial charge on any atom is -0.345 e. The van der Waals surface area contributed by atoms with E-state index in [9.17, 15) is 14.4 Å². The Labute approximate surface area is 120 Å². The second-order valence-electron chi connectivity index (χ2n) is 6.17.